The Morgan fingerprint density at radius 2 is 1.78 bits per heavy atom. The largest absolute Gasteiger partial charge is 0.497 e. The number of aromatic nitrogens is 2. The van der Waals surface area contributed by atoms with Crippen LogP contribution in [0.3, 0.4) is 0 Å². The van der Waals surface area contributed by atoms with Crippen LogP contribution in [-0.2, 0) is 23.7 Å². The van der Waals surface area contributed by atoms with E-state index >= 15 is 0 Å². The number of alkyl halides is 6. The molecule has 3 aromatic rings. The van der Waals surface area contributed by atoms with Gasteiger partial charge in [-0.2, -0.15) is 26.3 Å². The van der Waals surface area contributed by atoms with E-state index in [-0.39, 0.29) is 29.2 Å². The highest BCUT2D eigenvalue weighted by Crippen LogP contribution is 2.42. The fraction of sp³-hybridized carbons (Fsp3) is 0.316. The van der Waals surface area contributed by atoms with Crippen LogP contribution in [0.15, 0.2) is 28.8 Å². The van der Waals surface area contributed by atoms with Gasteiger partial charge < -0.3 is 18.7 Å². The van der Waals surface area contributed by atoms with Crippen LogP contribution < -0.4 is 9.47 Å². The fourth-order valence-electron chi connectivity index (χ4n) is 2.70. The van der Waals surface area contributed by atoms with Gasteiger partial charge in [0.1, 0.15) is 23.8 Å². The summed E-state index contributed by atoms with van der Waals surface area (Å²) < 4.78 is 100. The summed E-state index contributed by atoms with van der Waals surface area (Å²) in [5, 5.41) is 3.08. The molecule has 2 aromatic heterocycles. The number of nitrogens with zero attached hydrogens (tertiary/aromatic N) is 2. The van der Waals surface area contributed by atoms with Crippen molar-refractivity contribution in [3.63, 3.8) is 0 Å². The molecule has 32 heavy (non-hydrogen) atoms. The Hall–Kier alpha value is -3.51. The summed E-state index contributed by atoms with van der Waals surface area (Å²) in [7, 11) is 1.10. The zero-order valence-corrected chi connectivity index (χ0v) is 16.4. The van der Waals surface area contributed by atoms with Gasteiger partial charge >= 0.3 is 18.3 Å². The second-order valence-corrected chi connectivity index (χ2v) is 6.26. The molecule has 0 atom stereocenters. The Bertz CT molecular complexity index is 1140. The van der Waals surface area contributed by atoms with E-state index in [1.165, 1.54) is 0 Å². The number of hydrogen-bond donors (Lipinski definition) is 0. The van der Waals surface area contributed by atoms with Crippen LogP contribution in [0.5, 0.6) is 11.5 Å². The van der Waals surface area contributed by atoms with Crippen LogP contribution in [0.2, 0.25) is 0 Å². The minimum absolute atomic E-state index is 0.0735. The average molecular weight is 464 g/mol. The van der Waals surface area contributed by atoms with Crippen LogP contribution >= 0.6 is 0 Å². The van der Waals surface area contributed by atoms with Crippen molar-refractivity contribution >= 4 is 16.9 Å². The Kier molecular flexibility index (Phi) is 6.19. The summed E-state index contributed by atoms with van der Waals surface area (Å²) in [5.41, 5.74) is -4.18. The average Bonchev–Trinajstić information content (AvgIpc) is 3.19. The molecule has 0 saturated carbocycles. The highest BCUT2D eigenvalue weighted by molar-refractivity contribution is 5.90. The quantitative estimate of drug-likeness (QED) is 0.374. The molecule has 0 N–H and O–H groups in total. The number of carbonyl (C=O) groups excluding carboxylic acids is 1. The van der Waals surface area contributed by atoms with Gasteiger partial charge in [0, 0.05) is 17.5 Å². The Balaban J connectivity index is 2.07. The SMILES string of the molecule is CCOC(=O)c1cc(COc2cc(C(F)(F)F)nc3c(C(F)(F)F)cc(OC)cc23)on1. The van der Waals surface area contributed by atoms with Gasteiger partial charge in [0.2, 0.25) is 0 Å². The number of fused-ring (bicyclic) bond motifs is 1. The maximum absolute atomic E-state index is 13.5. The molecule has 3 rings (SSSR count). The number of carbonyl (C=O) groups is 1. The lowest BCUT2D eigenvalue weighted by Gasteiger charge is -2.17. The summed E-state index contributed by atoms with van der Waals surface area (Å²) in [6.07, 6.45) is -10.1. The number of pyridine rings is 1. The second-order valence-electron chi connectivity index (χ2n) is 6.26. The first-order chi connectivity index (χ1) is 14.9. The minimum Gasteiger partial charge on any atom is -0.497 e. The number of methoxy groups -OCH3 is 1. The van der Waals surface area contributed by atoms with Gasteiger partial charge in [0.05, 0.1) is 24.8 Å². The van der Waals surface area contributed by atoms with Crippen molar-refractivity contribution in [2.24, 2.45) is 0 Å². The standard InChI is InChI=1S/C19H14F6N2O5/c1-3-30-17(28)13-6-10(32-27-13)8-31-14-7-15(19(23,24)25)26-16-11(14)4-9(29-2)5-12(16)18(20,21)22/h4-7H,3,8H2,1-2H3. The lowest BCUT2D eigenvalue weighted by atomic mass is 10.1. The third-order valence-corrected chi connectivity index (χ3v) is 4.09. The molecule has 0 unspecified atom stereocenters. The van der Waals surface area contributed by atoms with Crippen LogP contribution in [0, 0.1) is 0 Å². The van der Waals surface area contributed by atoms with E-state index in [9.17, 15) is 31.1 Å². The van der Waals surface area contributed by atoms with Crippen molar-refractivity contribution in [3.05, 3.63) is 47.0 Å². The molecule has 7 nitrogen and oxygen atoms in total. The summed E-state index contributed by atoms with van der Waals surface area (Å²) in [4.78, 5) is 14.8. The molecule has 0 saturated heterocycles. The van der Waals surface area contributed by atoms with E-state index in [0.29, 0.717) is 12.1 Å². The predicted molar refractivity (Wildman–Crippen MR) is 95.1 cm³/mol. The third-order valence-electron chi connectivity index (χ3n) is 4.09. The predicted octanol–water partition coefficient (Wildman–Crippen LogP) is 5.02. The fourth-order valence-corrected chi connectivity index (χ4v) is 2.70. The van der Waals surface area contributed by atoms with Crippen molar-refractivity contribution < 1.29 is 49.9 Å². The highest BCUT2D eigenvalue weighted by Gasteiger charge is 2.38. The van der Waals surface area contributed by atoms with Crippen molar-refractivity contribution in [1.29, 1.82) is 0 Å². The first-order valence-electron chi connectivity index (χ1n) is 8.86. The monoisotopic (exact) mass is 464 g/mol. The smallest absolute Gasteiger partial charge is 0.433 e. The topological polar surface area (TPSA) is 83.7 Å². The van der Waals surface area contributed by atoms with Crippen LogP contribution in [0.25, 0.3) is 10.9 Å². The summed E-state index contributed by atoms with van der Waals surface area (Å²) >= 11 is 0. The van der Waals surface area contributed by atoms with Gasteiger partial charge in [-0.15, -0.1) is 0 Å². The molecular formula is C19H14F6N2O5. The van der Waals surface area contributed by atoms with Crippen molar-refractivity contribution in [1.82, 2.24) is 10.1 Å². The van der Waals surface area contributed by atoms with E-state index in [0.717, 1.165) is 19.2 Å². The minimum atomic E-state index is -5.04. The number of ether oxygens (including phenoxy) is 3. The van der Waals surface area contributed by atoms with Gasteiger partial charge in [0.15, 0.2) is 11.5 Å². The number of benzene rings is 1. The molecule has 0 spiro atoms. The summed E-state index contributed by atoms with van der Waals surface area (Å²) in [5.74, 6) is -1.69. The first-order valence-corrected chi connectivity index (χ1v) is 8.86. The van der Waals surface area contributed by atoms with Crippen LogP contribution in [0.4, 0.5) is 26.3 Å². The Labute approximate surface area is 175 Å². The Morgan fingerprint density at radius 1 is 1.06 bits per heavy atom. The van der Waals surface area contributed by atoms with Crippen molar-refractivity contribution in [2.75, 3.05) is 13.7 Å². The molecule has 2 heterocycles. The molecule has 172 valence electrons. The van der Waals surface area contributed by atoms with Crippen molar-refractivity contribution in [3.8, 4) is 11.5 Å². The van der Waals surface area contributed by atoms with Gasteiger partial charge in [-0.1, -0.05) is 5.16 Å². The zero-order chi connectivity index (χ0) is 23.7. The molecule has 0 aliphatic heterocycles. The lowest BCUT2D eigenvalue weighted by molar-refractivity contribution is -0.142. The van der Waals surface area contributed by atoms with E-state index < -0.39 is 47.5 Å². The highest BCUT2D eigenvalue weighted by atomic mass is 19.4. The molecule has 0 radical (unpaired) electrons. The summed E-state index contributed by atoms with van der Waals surface area (Å²) in [6, 6.07) is 3.21. The second kappa shape index (κ2) is 8.55. The maximum Gasteiger partial charge on any atom is 0.433 e. The van der Waals surface area contributed by atoms with E-state index in [2.05, 4.69) is 10.1 Å². The molecule has 0 amide bonds. The van der Waals surface area contributed by atoms with Crippen molar-refractivity contribution in [2.45, 2.75) is 25.9 Å². The maximum atomic E-state index is 13.5. The van der Waals surface area contributed by atoms with Gasteiger partial charge in [-0.25, -0.2) is 9.78 Å². The molecule has 0 bridgehead atoms. The van der Waals surface area contributed by atoms with E-state index in [4.69, 9.17) is 18.7 Å². The van der Waals surface area contributed by atoms with Gasteiger partial charge in [0.25, 0.3) is 0 Å². The van der Waals surface area contributed by atoms with E-state index in [1.54, 1.807) is 6.92 Å². The van der Waals surface area contributed by atoms with E-state index in [1.807, 2.05) is 0 Å². The van der Waals surface area contributed by atoms with Crippen LogP contribution in [-0.4, -0.2) is 29.8 Å². The lowest BCUT2D eigenvalue weighted by Crippen LogP contribution is -2.12. The number of esters is 1. The molecule has 0 fully saturated rings. The van der Waals surface area contributed by atoms with Gasteiger partial charge in [-0.3, -0.25) is 0 Å². The molecule has 13 heteroatoms. The normalized spacial score (nSPS) is 12.1. The first kappa shape index (κ1) is 23.2. The molecule has 0 aliphatic carbocycles. The molecule has 0 aliphatic rings. The number of rotatable bonds is 6. The summed E-state index contributed by atoms with van der Waals surface area (Å²) in [6.45, 7) is 1.10. The zero-order valence-electron chi connectivity index (χ0n) is 16.4. The third kappa shape index (κ3) is 4.86. The number of hydrogen-bond acceptors (Lipinski definition) is 7. The van der Waals surface area contributed by atoms with Crippen LogP contribution in [0.1, 0.15) is 34.4 Å². The molecule has 1 aromatic carbocycles. The Morgan fingerprint density at radius 3 is 2.38 bits per heavy atom. The number of halogens is 6. The molecular weight excluding hydrogens is 450 g/mol. The van der Waals surface area contributed by atoms with Gasteiger partial charge in [-0.05, 0) is 19.1 Å².